The van der Waals surface area contributed by atoms with E-state index in [2.05, 4.69) is 8.37 Å². The molecule has 0 aliphatic rings. The third kappa shape index (κ3) is 4.82. The summed E-state index contributed by atoms with van der Waals surface area (Å²) in [6.07, 6.45) is 1.67. The van der Waals surface area contributed by atoms with Crippen molar-refractivity contribution < 1.29 is 30.0 Å². The smallest absolute Gasteiger partial charge is 0.306 e. The lowest BCUT2D eigenvalue weighted by molar-refractivity contribution is 0.0985. The topological polar surface area (TPSA) is 104 Å². The molecule has 0 heterocycles. The Labute approximate surface area is 117 Å². The summed E-state index contributed by atoms with van der Waals surface area (Å²) in [4.78, 5) is 11.9. The molecule has 0 amide bonds. The van der Waals surface area contributed by atoms with Crippen LogP contribution in [0, 0.1) is 0 Å². The highest BCUT2D eigenvalue weighted by Crippen LogP contribution is 2.31. The van der Waals surface area contributed by atoms with Crippen molar-refractivity contribution in [3.63, 3.8) is 0 Å². The molecular weight excluding hydrogens is 308 g/mol. The van der Waals surface area contributed by atoms with Crippen LogP contribution in [0.5, 0.6) is 11.5 Å². The van der Waals surface area contributed by atoms with Crippen LogP contribution in [-0.4, -0.2) is 35.1 Å². The molecule has 0 bridgehead atoms. The van der Waals surface area contributed by atoms with Crippen molar-refractivity contribution in [2.45, 2.75) is 13.3 Å². The Hall–Kier alpha value is -1.61. The van der Waals surface area contributed by atoms with E-state index in [0.717, 1.165) is 12.5 Å². The first-order chi connectivity index (χ1) is 9.03. The second-order valence-corrected chi connectivity index (χ2v) is 7.13. The van der Waals surface area contributed by atoms with Gasteiger partial charge in [0.1, 0.15) is 5.56 Å². The third-order valence-electron chi connectivity index (χ3n) is 2.07. The molecule has 9 heteroatoms. The van der Waals surface area contributed by atoms with Gasteiger partial charge in [-0.25, -0.2) is 0 Å². The number of Topliss-reactive ketones (excluding diaryl/α,β-unsaturated/α-hetero) is 1. The minimum Gasteiger partial charge on any atom is -0.382 e. The fraction of sp³-hybridized carbons (Fsp3) is 0.364. The molecule has 7 nitrogen and oxygen atoms in total. The maximum atomic E-state index is 11.9. The van der Waals surface area contributed by atoms with Crippen LogP contribution in [0.15, 0.2) is 18.2 Å². The van der Waals surface area contributed by atoms with Crippen molar-refractivity contribution in [1.29, 1.82) is 0 Å². The number of hydrogen-bond acceptors (Lipinski definition) is 7. The summed E-state index contributed by atoms with van der Waals surface area (Å²) in [6.45, 7) is 1.55. The van der Waals surface area contributed by atoms with Gasteiger partial charge in [-0.05, 0) is 12.1 Å². The van der Waals surface area contributed by atoms with E-state index in [1.807, 2.05) is 0 Å². The second kappa shape index (κ2) is 5.80. The molecule has 0 fully saturated rings. The van der Waals surface area contributed by atoms with E-state index in [4.69, 9.17) is 0 Å². The van der Waals surface area contributed by atoms with E-state index < -0.39 is 26.0 Å². The molecule has 20 heavy (non-hydrogen) atoms. The molecule has 0 aliphatic heterocycles. The van der Waals surface area contributed by atoms with Crippen LogP contribution in [0.3, 0.4) is 0 Å². The van der Waals surface area contributed by atoms with Gasteiger partial charge in [-0.1, -0.05) is 13.0 Å². The van der Waals surface area contributed by atoms with Crippen LogP contribution in [0.4, 0.5) is 0 Å². The van der Waals surface area contributed by atoms with Crippen LogP contribution in [0.2, 0.25) is 0 Å². The molecule has 0 spiro atoms. The number of carbonyl (C=O) groups is 1. The van der Waals surface area contributed by atoms with Crippen LogP contribution in [-0.2, 0) is 20.2 Å². The molecule has 0 unspecified atom stereocenters. The Morgan fingerprint density at radius 3 is 1.70 bits per heavy atom. The zero-order valence-corrected chi connectivity index (χ0v) is 12.7. The average molecular weight is 322 g/mol. The molecule has 1 aromatic rings. The Bertz CT molecular complexity index is 665. The number of carbonyl (C=O) groups excluding carboxylic acids is 1. The van der Waals surface area contributed by atoms with Gasteiger partial charge in [-0.15, -0.1) is 0 Å². The molecule has 1 rings (SSSR count). The highest BCUT2D eigenvalue weighted by molar-refractivity contribution is 7.86. The molecule has 0 N–H and O–H groups in total. The van der Waals surface area contributed by atoms with Crippen molar-refractivity contribution in [2.75, 3.05) is 12.5 Å². The molecule has 0 atom stereocenters. The fourth-order valence-corrected chi connectivity index (χ4v) is 2.36. The van der Waals surface area contributed by atoms with Crippen molar-refractivity contribution in [3.8, 4) is 11.5 Å². The highest BCUT2D eigenvalue weighted by Gasteiger charge is 2.22. The predicted molar refractivity (Wildman–Crippen MR) is 72.0 cm³/mol. The van der Waals surface area contributed by atoms with E-state index in [1.165, 1.54) is 18.2 Å². The molecule has 1 aromatic carbocycles. The van der Waals surface area contributed by atoms with Gasteiger partial charge in [0.05, 0.1) is 12.5 Å². The molecule has 0 saturated carbocycles. The molecule has 112 valence electrons. The number of rotatable bonds is 6. The standard InChI is InChI=1S/C11H14O7S2/c1-4-8(12)11-9(17-19(2,13)14)6-5-7-10(11)18-20(3,15)16/h5-7H,4H2,1-3H3. The van der Waals surface area contributed by atoms with Gasteiger partial charge in [-0.2, -0.15) is 16.8 Å². The zero-order valence-electron chi connectivity index (χ0n) is 11.1. The van der Waals surface area contributed by atoms with Gasteiger partial charge in [0.25, 0.3) is 0 Å². The largest absolute Gasteiger partial charge is 0.382 e. The van der Waals surface area contributed by atoms with Gasteiger partial charge < -0.3 is 8.37 Å². The summed E-state index contributed by atoms with van der Waals surface area (Å²) in [7, 11) is -7.72. The maximum Gasteiger partial charge on any atom is 0.306 e. The Morgan fingerprint density at radius 2 is 1.40 bits per heavy atom. The average Bonchev–Trinajstić information content (AvgIpc) is 2.24. The van der Waals surface area contributed by atoms with Crippen molar-refractivity contribution in [2.24, 2.45) is 0 Å². The lowest BCUT2D eigenvalue weighted by Crippen LogP contribution is -2.13. The number of ketones is 1. The van der Waals surface area contributed by atoms with Crippen molar-refractivity contribution in [1.82, 2.24) is 0 Å². The summed E-state index contributed by atoms with van der Waals surface area (Å²) in [5.74, 6) is -1.02. The lowest BCUT2D eigenvalue weighted by atomic mass is 10.1. The minimum atomic E-state index is -3.86. The van der Waals surface area contributed by atoms with Crippen LogP contribution >= 0.6 is 0 Å². The highest BCUT2D eigenvalue weighted by atomic mass is 32.2. The van der Waals surface area contributed by atoms with Gasteiger partial charge in [0.15, 0.2) is 17.3 Å². The normalized spacial score (nSPS) is 11.9. The second-order valence-electron chi connectivity index (χ2n) is 3.98. The fourth-order valence-electron chi connectivity index (χ4n) is 1.43. The van der Waals surface area contributed by atoms with E-state index in [-0.39, 0.29) is 23.5 Å². The van der Waals surface area contributed by atoms with E-state index in [0.29, 0.717) is 0 Å². The summed E-state index contributed by atoms with van der Waals surface area (Å²) in [5, 5.41) is 0. The molecule has 0 saturated heterocycles. The molecule has 0 radical (unpaired) electrons. The van der Waals surface area contributed by atoms with Crippen molar-refractivity contribution in [3.05, 3.63) is 23.8 Å². The quantitative estimate of drug-likeness (QED) is 0.567. The first-order valence-electron chi connectivity index (χ1n) is 5.48. The van der Waals surface area contributed by atoms with Gasteiger partial charge in [0, 0.05) is 6.42 Å². The zero-order chi connectivity index (χ0) is 15.6. The van der Waals surface area contributed by atoms with Gasteiger partial charge >= 0.3 is 20.2 Å². The summed E-state index contributed by atoms with van der Waals surface area (Å²) < 4.78 is 54.0. The van der Waals surface area contributed by atoms with E-state index in [9.17, 15) is 21.6 Å². The summed E-state index contributed by atoms with van der Waals surface area (Å²) >= 11 is 0. The Balaban J connectivity index is 3.46. The van der Waals surface area contributed by atoms with Crippen LogP contribution in [0.1, 0.15) is 23.7 Å². The maximum absolute atomic E-state index is 11.9. The molecular formula is C11H14O7S2. The van der Waals surface area contributed by atoms with E-state index in [1.54, 1.807) is 6.92 Å². The minimum absolute atomic E-state index is 0.0320. The lowest BCUT2D eigenvalue weighted by Gasteiger charge is -2.12. The Morgan fingerprint density at radius 1 is 1.00 bits per heavy atom. The first kappa shape index (κ1) is 16.4. The van der Waals surface area contributed by atoms with Gasteiger partial charge in [0.2, 0.25) is 0 Å². The number of benzene rings is 1. The molecule has 0 aliphatic carbocycles. The SMILES string of the molecule is CCC(=O)c1c(OS(C)(=O)=O)cccc1OS(C)(=O)=O. The van der Waals surface area contributed by atoms with Crippen molar-refractivity contribution >= 4 is 26.0 Å². The predicted octanol–water partition coefficient (Wildman–Crippen LogP) is 0.956. The third-order valence-corrected chi connectivity index (χ3v) is 3.03. The van der Waals surface area contributed by atoms with E-state index >= 15 is 0 Å². The monoisotopic (exact) mass is 322 g/mol. The first-order valence-corrected chi connectivity index (χ1v) is 9.12. The van der Waals surface area contributed by atoms with Gasteiger partial charge in [-0.3, -0.25) is 4.79 Å². The summed E-state index contributed by atoms with van der Waals surface area (Å²) in [6, 6.07) is 3.83. The summed E-state index contributed by atoms with van der Waals surface area (Å²) in [5.41, 5.74) is -0.217. The van der Waals surface area contributed by atoms with Crippen LogP contribution < -0.4 is 8.37 Å². The Kier molecular flexibility index (Phi) is 4.77. The molecule has 0 aromatic heterocycles. The number of hydrogen-bond donors (Lipinski definition) is 0. The van der Waals surface area contributed by atoms with Crippen LogP contribution in [0.25, 0.3) is 0 Å².